The van der Waals surface area contributed by atoms with Gasteiger partial charge in [-0.2, -0.15) is 0 Å². The number of para-hydroxylation sites is 1. The number of hydrogen-bond acceptors (Lipinski definition) is 2. The number of rotatable bonds is 5. The van der Waals surface area contributed by atoms with Crippen molar-refractivity contribution in [3.05, 3.63) is 95.3 Å². The van der Waals surface area contributed by atoms with Crippen molar-refractivity contribution in [1.29, 1.82) is 0 Å². The number of nitrogens with zero attached hydrogens (tertiary/aromatic N) is 1. The Balaban J connectivity index is 1.51. The van der Waals surface area contributed by atoms with Crippen LogP contribution in [-0.4, -0.2) is 12.5 Å². The third kappa shape index (κ3) is 3.54. The lowest BCUT2D eigenvalue weighted by atomic mass is 10.0. The number of likely N-dealkylation sites (N-methyl/N-ethyl adjacent to an activating group) is 1. The van der Waals surface area contributed by atoms with Crippen molar-refractivity contribution in [2.24, 2.45) is 0 Å². The molecule has 0 atom stereocenters. The van der Waals surface area contributed by atoms with Crippen molar-refractivity contribution in [2.75, 3.05) is 11.4 Å². The molecule has 0 radical (unpaired) electrons. The Hall–Kier alpha value is -3.40. The molecule has 1 amide bonds. The Bertz CT molecular complexity index is 1020. The van der Waals surface area contributed by atoms with Gasteiger partial charge in [0.2, 0.25) is 0 Å². The van der Waals surface area contributed by atoms with E-state index in [-0.39, 0.29) is 11.7 Å². The largest absolute Gasteiger partial charge is 0.489 e. The van der Waals surface area contributed by atoms with Gasteiger partial charge >= 0.3 is 0 Å². The molecule has 1 aliphatic rings. The topological polar surface area (TPSA) is 29.5 Å². The van der Waals surface area contributed by atoms with Gasteiger partial charge in [0.15, 0.2) is 0 Å². The van der Waals surface area contributed by atoms with E-state index in [1.165, 1.54) is 12.1 Å². The van der Waals surface area contributed by atoms with E-state index in [0.717, 1.165) is 28.1 Å². The van der Waals surface area contributed by atoms with Crippen LogP contribution in [0.15, 0.2) is 72.8 Å². The molecular formula is C24H20FNO2. The van der Waals surface area contributed by atoms with E-state index in [9.17, 15) is 9.18 Å². The maximum absolute atomic E-state index is 13.0. The highest BCUT2D eigenvalue weighted by Crippen LogP contribution is 2.37. The monoisotopic (exact) mass is 373 g/mol. The minimum absolute atomic E-state index is 0.0281. The lowest BCUT2D eigenvalue weighted by Gasteiger charge is -2.13. The molecule has 0 saturated carbocycles. The lowest BCUT2D eigenvalue weighted by Crippen LogP contribution is -2.25. The van der Waals surface area contributed by atoms with Crippen LogP contribution < -0.4 is 9.64 Å². The SMILES string of the molecule is CCN1C(=O)/C(=C\c2ccc(OCc3ccc(F)cc3)cc2)c2ccccc21. The quantitative estimate of drug-likeness (QED) is 0.567. The van der Waals surface area contributed by atoms with Crippen molar-refractivity contribution in [1.82, 2.24) is 0 Å². The molecule has 0 saturated heterocycles. The van der Waals surface area contributed by atoms with E-state index >= 15 is 0 Å². The fourth-order valence-electron chi connectivity index (χ4n) is 3.33. The molecule has 0 aliphatic carbocycles. The van der Waals surface area contributed by atoms with Crippen molar-refractivity contribution in [2.45, 2.75) is 13.5 Å². The Kier molecular flexibility index (Phi) is 4.94. The van der Waals surface area contributed by atoms with E-state index in [1.54, 1.807) is 17.0 Å². The summed E-state index contributed by atoms with van der Waals surface area (Å²) < 4.78 is 18.7. The van der Waals surface area contributed by atoms with E-state index in [0.29, 0.717) is 18.7 Å². The van der Waals surface area contributed by atoms with Crippen molar-refractivity contribution in [3.63, 3.8) is 0 Å². The highest BCUT2D eigenvalue weighted by molar-refractivity contribution is 6.35. The van der Waals surface area contributed by atoms with E-state index in [1.807, 2.05) is 61.5 Å². The van der Waals surface area contributed by atoms with Crippen molar-refractivity contribution >= 4 is 23.2 Å². The second-order valence-corrected chi connectivity index (χ2v) is 6.61. The molecule has 1 aliphatic heterocycles. The predicted molar refractivity (Wildman–Crippen MR) is 110 cm³/mol. The number of halogens is 1. The van der Waals surface area contributed by atoms with Crippen LogP contribution >= 0.6 is 0 Å². The third-order valence-electron chi connectivity index (χ3n) is 4.79. The summed E-state index contributed by atoms with van der Waals surface area (Å²) in [6.07, 6.45) is 1.92. The van der Waals surface area contributed by atoms with Crippen molar-refractivity contribution < 1.29 is 13.9 Å². The average Bonchev–Trinajstić information content (AvgIpc) is 2.99. The first-order valence-corrected chi connectivity index (χ1v) is 9.26. The van der Waals surface area contributed by atoms with Gasteiger partial charge in [0, 0.05) is 17.7 Å². The van der Waals surface area contributed by atoms with Crippen LogP contribution in [0.2, 0.25) is 0 Å². The summed E-state index contributed by atoms with van der Waals surface area (Å²) in [5, 5.41) is 0. The molecule has 0 bridgehead atoms. The van der Waals surface area contributed by atoms with E-state index < -0.39 is 0 Å². The van der Waals surface area contributed by atoms with Gasteiger partial charge in [-0.15, -0.1) is 0 Å². The lowest BCUT2D eigenvalue weighted by molar-refractivity contribution is -0.112. The Morgan fingerprint density at radius 1 is 0.964 bits per heavy atom. The Morgan fingerprint density at radius 2 is 1.68 bits per heavy atom. The highest BCUT2D eigenvalue weighted by Gasteiger charge is 2.30. The summed E-state index contributed by atoms with van der Waals surface area (Å²) in [4.78, 5) is 14.5. The summed E-state index contributed by atoms with van der Waals surface area (Å²) in [6, 6.07) is 21.7. The minimum atomic E-state index is -0.259. The number of fused-ring (bicyclic) bond motifs is 1. The fraction of sp³-hybridized carbons (Fsp3) is 0.125. The third-order valence-corrected chi connectivity index (χ3v) is 4.79. The zero-order valence-corrected chi connectivity index (χ0v) is 15.6. The molecule has 4 rings (SSSR count). The van der Waals surface area contributed by atoms with Gasteiger partial charge in [0.1, 0.15) is 18.2 Å². The Labute approximate surface area is 163 Å². The van der Waals surface area contributed by atoms with Crippen LogP contribution in [0.5, 0.6) is 5.75 Å². The summed E-state index contributed by atoms with van der Waals surface area (Å²) in [7, 11) is 0. The first-order chi connectivity index (χ1) is 13.7. The summed E-state index contributed by atoms with van der Waals surface area (Å²) >= 11 is 0. The number of ether oxygens (including phenoxy) is 1. The van der Waals surface area contributed by atoms with Crippen molar-refractivity contribution in [3.8, 4) is 5.75 Å². The molecule has 4 heteroatoms. The van der Waals surface area contributed by atoms with E-state index in [2.05, 4.69) is 0 Å². The van der Waals surface area contributed by atoms with Gasteiger partial charge in [0.25, 0.3) is 5.91 Å². The maximum Gasteiger partial charge on any atom is 0.258 e. The van der Waals surface area contributed by atoms with Gasteiger partial charge in [-0.25, -0.2) is 4.39 Å². The van der Waals surface area contributed by atoms with Crippen LogP contribution in [0.4, 0.5) is 10.1 Å². The molecule has 0 aromatic heterocycles. The number of anilines is 1. The number of carbonyl (C=O) groups is 1. The molecule has 3 aromatic rings. The van der Waals surface area contributed by atoms with Gasteiger partial charge in [-0.3, -0.25) is 4.79 Å². The van der Waals surface area contributed by atoms with Gasteiger partial charge in [0.05, 0.1) is 5.69 Å². The highest BCUT2D eigenvalue weighted by atomic mass is 19.1. The van der Waals surface area contributed by atoms with Crippen LogP contribution in [0, 0.1) is 5.82 Å². The summed E-state index contributed by atoms with van der Waals surface area (Å²) in [5.74, 6) is 0.492. The van der Waals surface area contributed by atoms with Gasteiger partial charge < -0.3 is 9.64 Å². The molecule has 0 fully saturated rings. The minimum Gasteiger partial charge on any atom is -0.489 e. The second kappa shape index (κ2) is 7.69. The molecular weight excluding hydrogens is 353 g/mol. The smallest absolute Gasteiger partial charge is 0.258 e. The second-order valence-electron chi connectivity index (χ2n) is 6.61. The number of benzene rings is 3. The Morgan fingerprint density at radius 3 is 2.39 bits per heavy atom. The van der Waals surface area contributed by atoms with Gasteiger partial charge in [-0.1, -0.05) is 42.5 Å². The molecule has 1 heterocycles. The van der Waals surface area contributed by atoms with Crippen LogP contribution in [0.25, 0.3) is 11.6 Å². The number of hydrogen-bond donors (Lipinski definition) is 0. The first-order valence-electron chi connectivity index (χ1n) is 9.26. The predicted octanol–water partition coefficient (Wildman–Crippen LogP) is 5.31. The molecule has 3 nitrogen and oxygen atoms in total. The number of carbonyl (C=O) groups excluding carboxylic acids is 1. The normalized spacial score (nSPS) is 14.4. The van der Waals surface area contributed by atoms with Crippen LogP contribution in [0.3, 0.4) is 0 Å². The van der Waals surface area contributed by atoms with Crippen LogP contribution in [-0.2, 0) is 11.4 Å². The summed E-state index contributed by atoms with van der Waals surface area (Å²) in [6.45, 7) is 2.99. The molecule has 0 unspecified atom stereocenters. The van der Waals surface area contributed by atoms with Crippen LogP contribution in [0.1, 0.15) is 23.6 Å². The average molecular weight is 373 g/mol. The standard InChI is InChI=1S/C24H20FNO2/c1-2-26-23-6-4-3-5-21(23)22(24(26)27)15-17-9-13-20(14-10-17)28-16-18-7-11-19(25)12-8-18/h3-15H,2,16H2,1H3/b22-15-. The first kappa shape index (κ1) is 18.0. The molecule has 140 valence electrons. The molecule has 28 heavy (non-hydrogen) atoms. The fourth-order valence-corrected chi connectivity index (χ4v) is 3.33. The summed E-state index contributed by atoms with van der Waals surface area (Å²) in [5.41, 5.74) is 4.47. The molecule has 0 N–H and O–H groups in total. The zero-order valence-electron chi connectivity index (χ0n) is 15.6. The molecule has 3 aromatic carbocycles. The number of amides is 1. The van der Waals surface area contributed by atoms with E-state index in [4.69, 9.17) is 4.74 Å². The molecule has 0 spiro atoms. The maximum atomic E-state index is 13.0. The zero-order chi connectivity index (χ0) is 19.5. The van der Waals surface area contributed by atoms with Gasteiger partial charge in [-0.05, 0) is 54.5 Å².